The van der Waals surface area contributed by atoms with Crippen LogP contribution in [0.4, 0.5) is 0 Å². The van der Waals surface area contributed by atoms with Crippen molar-refractivity contribution in [2.75, 3.05) is 6.54 Å². The molecule has 5 nitrogen and oxygen atoms in total. The highest BCUT2D eigenvalue weighted by atomic mass is 32.1. The van der Waals surface area contributed by atoms with Crippen LogP contribution >= 0.6 is 11.3 Å². The Labute approximate surface area is 121 Å². The van der Waals surface area contributed by atoms with E-state index < -0.39 is 0 Å². The predicted octanol–water partition coefficient (Wildman–Crippen LogP) is 2.00. The zero-order valence-electron chi connectivity index (χ0n) is 11.4. The SMILES string of the molecule is CCC(NC(=O)c1n[nH]c2c1CNCC2)c1cccs1. The molecule has 0 bridgehead atoms. The Hall–Kier alpha value is -1.66. The number of amides is 1. The molecule has 0 aromatic carbocycles. The quantitative estimate of drug-likeness (QED) is 0.806. The highest BCUT2D eigenvalue weighted by Crippen LogP contribution is 2.23. The first-order valence-corrected chi connectivity index (χ1v) is 7.78. The molecular weight excluding hydrogens is 272 g/mol. The molecule has 0 radical (unpaired) electrons. The van der Waals surface area contributed by atoms with Gasteiger partial charge in [0.15, 0.2) is 5.69 Å². The topological polar surface area (TPSA) is 69.8 Å². The normalized spacial score (nSPS) is 15.7. The minimum Gasteiger partial charge on any atom is -0.343 e. The van der Waals surface area contributed by atoms with Crippen LogP contribution in [0.25, 0.3) is 0 Å². The number of fused-ring (bicyclic) bond motifs is 1. The van der Waals surface area contributed by atoms with Gasteiger partial charge >= 0.3 is 0 Å². The number of H-pyrrole nitrogens is 1. The zero-order chi connectivity index (χ0) is 13.9. The van der Waals surface area contributed by atoms with E-state index in [-0.39, 0.29) is 11.9 Å². The first-order valence-electron chi connectivity index (χ1n) is 6.90. The fourth-order valence-corrected chi connectivity index (χ4v) is 3.36. The monoisotopic (exact) mass is 290 g/mol. The van der Waals surface area contributed by atoms with Crippen LogP contribution < -0.4 is 10.6 Å². The molecule has 0 saturated carbocycles. The number of thiophene rings is 1. The number of hydrogen-bond donors (Lipinski definition) is 3. The van der Waals surface area contributed by atoms with Gasteiger partial charge in [-0.3, -0.25) is 9.89 Å². The lowest BCUT2D eigenvalue weighted by Gasteiger charge is -2.16. The molecule has 20 heavy (non-hydrogen) atoms. The Bertz CT molecular complexity index is 590. The summed E-state index contributed by atoms with van der Waals surface area (Å²) in [5, 5.41) is 15.6. The van der Waals surface area contributed by atoms with Gasteiger partial charge < -0.3 is 10.6 Å². The van der Waals surface area contributed by atoms with Crippen molar-refractivity contribution in [3.05, 3.63) is 39.3 Å². The van der Waals surface area contributed by atoms with Crippen LogP contribution in [0.5, 0.6) is 0 Å². The lowest BCUT2D eigenvalue weighted by atomic mass is 10.1. The highest BCUT2D eigenvalue weighted by molar-refractivity contribution is 7.10. The maximum absolute atomic E-state index is 12.4. The predicted molar refractivity (Wildman–Crippen MR) is 78.8 cm³/mol. The molecule has 6 heteroatoms. The van der Waals surface area contributed by atoms with Crippen molar-refractivity contribution in [3.8, 4) is 0 Å². The van der Waals surface area contributed by atoms with Crippen LogP contribution in [0.15, 0.2) is 17.5 Å². The minimum absolute atomic E-state index is 0.0615. The second kappa shape index (κ2) is 5.76. The second-order valence-electron chi connectivity index (χ2n) is 4.91. The van der Waals surface area contributed by atoms with E-state index in [9.17, 15) is 4.79 Å². The van der Waals surface area contributed by atoms with E-state index in [2.05, 4.69) is 33.8 Å². The van der Waals surface area contributed by atoms with Crippen LogP contribution in [0.2, 0.25) is 0 Å². The van der Waals surface area contributed by atoms with Gasteiger partial charge in [0.2, 0.25) is 0 Å². The largest absolute Gasteiger partial charge is 0.343 e. The van der Waals surface area contributed by atoms with Gasteiger partial charge in [0.25, 0.3) is 5.91 Å². The summed E-state index contributed by atoms with van der Waals surface area (Å²) in [5.74, 6) is -0.0913. The van der Waals surface area contributed by atoms with Gasteiger partial charge in [-0.05, 0) is 17.9 Å². The van der Waals surface area contributed by atoms with E-state index >= 15 is 0 Å². The summed E-state index contributed by atoms with van der Waals surface area (Å²) in [7, 11) is 0. The molecule has 1 aliphatic rings. The van der Waals surface area contributed by atoms with Crippen LogP contribution in [-0.4, -0.2) is 22.6 Å². The maximum Gasteiger partial charge on any atom is 0.272 e. The summed E-state index contributed by atoms with van der Waals surface area (Å²) < 4.78 is 0. The van der Waals surface area contributed by atoms with Crippen molar-refractivity contribution in [1.29, 1.82) is 0 Å². The number of nitrogens with one attached hydrogen (secondary N) is 3. The number of carbonyl (C=O) groups is 1. The lowest BCUT2D eigenvalue weighted by Crippen LogP contribution is -2.30. The Morgan fingerprint density at radius 2 is 2.50 bits per heavy atom. The average Bonchev–Trinajstić information content (AvgIpc) is 3.13. The van der Waals surface area contributed by atoms with Gasteiger partial charge in [-0.2, -0.15) is 5.10 Å². The molecule has 2 aromatic rings. The first kappa shape index (κ1) is 13.3. The number of aromatic nitrogens is 2. The van der Waals surface area contributed by atoms with Gasteiger partial charge in [-0.1, -0.05) is 13.0 Å². The van der Waals surface area contributed by atoms with Crippen molar-refractivity contribution in [2.45, 2.75) is 32.4 Å². The number of carbonyl (C=O) groups excluding carboxylic acids is 1. The number of aromatic amines is 1. The van der Waals surface area contributed by atoms with Gasteiger partial charge in [0.05, 0.1) is 6.04 Å². The van der Waals surface area contributed by atoms with Crippen molar-refractivity contribution in [3.63, 3.8) is 0 Å². The highest BCUT2D eigenvalue weighted by Gasteiger charge is 2.23. The van der Waals surface area contributed by atoms with Crippen LogP contribution in [-0.2, 0) is 13.0 Å². The van der Waals surface area contributed by atoms with E-state index in [4.69, 9.17) is 0 Å². The Balaban J connectivity index is 1.77. The molecule has 106 valence electrons. The standard InChI is InChI=1S/C14H18N4OS/c1-2-10(12-4-3-7-20-12)16-14(19)13-9-8-15-6-5-11(9)17-18-13/h3-4,7,10,15H,2,5-6,8H2,1H3,(H,16,19)(H,17,18). The summed E-state index contributed by atoms with van der Waals surface area (Å²) in [6, 6.07) is 4.13. The third kappa shape index (κ3) is 2.48. The average molecular weight is 290 g/mol. The molecule has 1 unspecified atom stereocenters. The van der Waals surface area contributed by atoms with E-state index in [1.807, 2.05) is 11.4 Å². The molecule has 2 aromatic heterocycles. The first-order chi connectivity index (χ1) is 9.79. The molecule has 0 saturated heterocycles. The summed E-state index contributed by atoms with van der Waals surface area (Å²) >= 11 is 1.67. The van der Waals surface area contributed by atoms with Gasteiger partial charge in [-0.25, -0.2) is 0 Å². The molecule has 3 rings (SSSR count). The van der Waals surface area contributed by atoms with E-state index in [1.54, 1.807) is 11.3 Å². The fourth-order valence-electron chi connectivity index (χ4n) is 2.50. The second-order valence-corrected chi connectivity index (χ2v) is 5.89. The Kier molecular flexibility index (Phi) is 3.84. The Morgan fingerprint density at radius 1 is 1.60 bits per heavy atom. The van der Waals surface area contributed by atoms with E-state index in [0.29, 0.717) is 12.2 Å². The summed E-state index contributed by atoms with van der Waals surface area (Å²) in [5.41, 5.74) is 2.62. The fraction of sp³-hybridized carbons (Fsp3) is 0.429. The van der Waals surface area contributed by atoms with Crippen molar-refractivity contribution >= 4 is 17.2 Å². The lowest BCUT2D eigenvalue weighted by molar-refractivity contribution is 0.0930. The molecule has 1 amide bonds. The van der Waals surface area contributed by atoms with Crippen molar-refractivity contribution < 1.29 is 4.79 Å². The molecule has 1 aliphatic heterocycles. The van der Waals surface area contributed by atoms with Gasteiger partial charge in [0, 0.05) is 35.6 Å². The van der Waals surface area contributed by atoms with Crippen molar-refractivity contribution in [2.24, 2.45) is 0 Å². The van der Waals surface area contributed by atoms with Crippen LogP contribution in [0, 0.1) is 0 Å². The van der Waals surface area contributed by atoms with Crippen LogP contribution in [0.1, 0.15) is 46.0 Å². The summed E-state index contributed by atoms with van der Waals surface area (Å²) in [6.07, 6.45) is 1.77. The Morgan fingerprint density at radius 3 is 3.25 bits per heavy atom. The third-order valence-electron chi connectivity index (χ3n) is 3.62. The van der Waals surface area contributed by atoms with Gasteiger partial charge in [-0.15, -0.1) is 11.3 Å². The number of hydrogen-bond acceptors (Lipinski definition) is 4. The molecule has 1 atom stereocenters. The molecule has 0 spiro atoms. The molecule has 0 aliphatic carbocycles. The van der Waals surface area contributed by atoms with E-state index in [0.717, 1.165) is 30.6 Å². The summed E-state index contributed by atoms with van der Waals surface area (Å²) in [4.78, 5) is 13.6. The van der Waals surface area contributed by atoms with Crippen LogP contribution in [0.3, 0.4) is 0 Å². The number of nitrogens with zero attached hydrogens (tertiary/aromatic N) is 1. The molecular formula is C14H18N4OS. The molecule has 0 fully saturated rings. The smallest absolute Gasteiger partial charge is 0.272 e. The third-order valence-corrected chi connectivity index (χ3v) is 4.61. The van der Waals surface area contributed by atoms with E-state index in [1.165, 1.54) is 4.88 Å². The number of rotatable bonds is 4. The summed E-state index contributed by atoms with van der Waals surface area (Å²) in [6.45, 7) is 3.72. The van der Waals surface area contributed by atoms with Gasteiger partial charge in [0.1, 0.15) is 0 Å². The molecule has 3 N–H and O–H groups in total. The minimum atomic E-state index is -0.0913. The zero-order valence-corrected chi connectivity index (χ0v) is 12.2. The van der Waals surface area contributed by atoms with Crippen molar-refractivity contribution in [1.82, 2.24) is 20.8 Å². The maximum atomic E-state index is 12.4. The molecule has 3 heterocycles.